The Morgan fingerprint density at radius 2 is 1.78 bits per heavy atom. The summed E-state index contributed by atoms with van der Waals surface area (Å²) < 4.78 is 24.3. The van der Waals surface area contributed by atoms with Crippen molar-refractivity contribution in [3.63, 3.8) is 0 Å². The van der Waals surface area contributed by atoms with Gasteiger partial charge in [0.25, 0.3) is 0 Å². The van der Waals surface area contributed by atoms with Gasteiger partial charge in [0.1, 0.15) is 5.60 Å². The molecule has 2 rings (SSSR count). The predicted molar refractivity (Wildman–Crippen MR) is 70.1 cm³/mol. The molecule has 6 heteroatoms. The second-order valence-electron chi connectivity index (χ2n) is 6.57. The van der Waals surface area contributed by atoms with E-state index in [1.165, 1.54) is 0 Å². The van der Waals surface area contributed by atoms with E-state index in [1.807, 2.05) is 20.8 Å². The molecule has 0 aromatic carbocycles. The molecule has 1 N–H and O–H groups in total. The maximum absolute atomic E-state index is 11.9. The minimum absolute atomic E-state index is 0.0668. The van der Waals surface area contributed by atoms with E-state index in [4.69, 9.17) is 9.52 Å². The van der Waals surface area contributed by atoms with Gasteiger partial charge >= 0.3 is 6.09 Å². The van der Waals surface area contributed by atoms with Crippen LogP contribution in [0.2, 0.25) is 0 Å². The number of ether oxygens (including phenoxy) is 1. The molecular weight excluding hydrogens is 252 g/mol. The van der Waals surface area contributed by atoms with Gasteiger partial charge in [0, 0.05) is 34.3 Å². The molecule has 0 radical (unpaired) electrons. The molecule has 2 aliphatic heterocycles. The Bertz CT molecular complexity index is 428. The van der Waals surface area contributed by atoms with Gasteiger partial charge < -0.3 is 9.64 Å². The van der Waals surface area contributed by atoms with Crippen molar-refractivity contribution in [3.05, 3.63) is 0 Å². The van der Waals surface area contributed by atoms with Crippen molar-refractivity contribution >= 4 is 15.8 Å². The van der Waals surface area contributed by atoms with E-state index < -0.39 is 15.3 Å². The maximum Gasteiger partial charge on any atom is 0.410 e. The quantitative estimate of drug-likeness (QED) is 0.735. The van der Waals surface area contributed by atoms with Crippen LogP contribution in [0.25, 0.3) is 0 Å². The van der Waals surface area contributed by atoms with Gasteiger partial charge in [-0.3, -0.25) is 4.78 Å². The van der Waals surface area contributed by atoms with Crippen molar-refractivity contribution < 1.29 is 13.7 Å². The number of hydrogen-bond acceptors (Lipinski definition) is 4. The van der Waals surface area contributed by atoms with E-state index in [2.05, 4.69) is 0 Å². The fourth-order valence-corrected chi connectivity index (χ4v) is 5.20. The summed E-state index contributed by atoms with van der Waals surface area (Å²) in [4.78, 5) is 13.6. The fraction of sp³-hybridized carbons (Fsp3) is 0.917. The molecule has 0 aliphatic carbocycles. The zero-order valence-electron chi connectivity index (χ0n) is 11.3. The van der Waals surface area contributed by atoms with Gasteiger partial charge in [-0.05, 0) is 39.0 Å². The third-order valence-electron chi connectivity index (χ3n) is 3.55. The van der Waals surface area contributed by atoms with E-state index >= 15 is 0 Å². The second-order valence-corrected chi connectivity index (χ2v) is 8.77. The molecular formula is C12H22N2O3S. The first-order chi connectivity index (χ1) is 8.11. The van der Waals surface area contributed by atoms with Crippen molar-refractivity contribution in [2.45, 2.75) is 39.2 Å². The van der Waals surface area contributed by atoms with Crippen LogP contribution >= 0.6 is 0 Å². The number of rotatable bonds is 0. The molecule has 5 nitrogen and oxygen atoms in total. The van der Waals surface area contributed by atoms with Gasteiger partial charge in [0.15, 0.2) is 0 Å². The lowest BCUT2D eigenvalue weighted by Crippen LogP contribution is -2.55. The highest BCUT2D eigenvalue weighted by Gasteiger charge is 2.48. The van der Waals surface area contributed by atoms with Gasteiger partial charge in [-0.25, -0.2) is 9.00 Å². The van der Waals surface area contributed by atoms with Crippen LogP contribution in [-0.4, -0.2) is 45.4 Å². The van der Waals surface area contributed by atoms with Crippen molar-refractivity contribution in [3.8, 4) is 0 Å². The summed E-state index contributed by atoms with van der Waals surface area (Å²) >= 11 is 0. The molecule has 0 saturated carbocycles. The molecule has 18 heavy (non-hydrogen) atoms. The van der Waals surface area contributed by atoms with Crippen LogP contribution in [0.15, 0.2) is 0 Å². The Kier molecular flexibility index (Phi) is 3.12. The Morgan fingerprint density at radius 3 is 2.17 bits per heavy atom. The molecule has 0 atom stereocenters. The number of nitrogens with one attached hydrogen (secondary N) is 1. The Hall–Kier alpha value is -0.780. The van der Waals surface area contributed by atoms with E-state index in [0.717, 1.165) is 12.8 Å². The first-order valence-corrected chi connectivity index (χ1v) is 8.23. The summed E-state index contributed by atoms with van der Waals surface area (Å²) in [6, 6.07) is 0. The van der Waals surface area contributed by atoms with Crippen LogP contribution in [0.5, 0.6) is 0 Å². The lowest BCUT2D eigenvalue weighted by atomic mass is 9.81. The van der Waals surface area contributed by atoms with Gasteiger partial charge in [0.05, 0.1) is 0 Å². The van der Waals surface area contributed by atoms with Crippen molar-refractivity contribution in [2.75, 3.05) is 24.6 Å². The first kappa shape index (κ1) is 13.6. The zero-order chi connectivity index (χ0) is 13.6. The lowest BCUT2D eigenvalue weighted by Gasteiger charge is -2.48. The third kappa shape index (κ3) is 2.96. The number of likely N-dealkylation sites (tertiary alicyclic amines) is 1. The number of carbonyl (C=O) groups is 1. The predicted octanol–water partition coefficient (Wildman–Crippen LogP) is 2.06. The van der Waals surface area contributed by atoms with Crippen LogP contribution in [0.1, 0.15) is 33.6 Å². The average molecular weight is 274 g/mol. The molecule has 2 fully saturated rings. The summed E-state index contributed by atoms with van der Waals surface area (Å²) in [5, 5.41) is 0. The van der Waals surface area contributed by atoms with Crippen LogP contribution in [0, 0.1) is 10.2 Å². The smallest absolute Gasteiger partial charge is 0.410 e. The maximum atomic E-state index is 11.9. The number of nitrogens with zero attached hydrogens (tertiary/aromatic N) is 1. The van der Waals surface area contributed by atoms with Crippen LogP contribution < -0.4 is 0 Å². The monoisotopic (exact) mass is 274 g/mol. The van der Waals surface area contributed by atoms with Crippen LogP contribution in [0.3, 0.4) is 0 Å². The normalized spacial score (nSPS) is 25.6. The van der Waals surface area contributed by atoms with Gasteiger partial charge in [-0.1, -0.05) is 0 Å². The molecule has 0 unspecified atom stereocenters. The molecule has 2 aliphatic rings. The van der Waals surface area contributed by atoms with E-state index in [1.54, 1.807) is 4.90 Å². The highest BCUT2D eigenvalue weighted by Crippen LogP contribution is 2.42. The minimum atomic E-state index is -2.29. The molecule has 1 spiro atoms. The first-order valence-electron chi connectivity index (χ1n) is 6.33. The Balaban J connectivity index is 1.86. The Labute approximate surface area is 109 Å². The molecule has 104 valence electrons. The summed E-state index contributed by atoms with van der Waals surface area (Å²) in [7, 11) is -2.29. The largest absolute Gasteiger partial charge is 0.444 e. The molecule has 0 aromatic heterocycles. The standard InChI is InChI=1S/C12H22N2O3S/c1-11(2,3)17-10(15)14-6-4-12(5-7-14)8-18(13,16)9-12/h13H,4-9H2,1-3H3. The Morgan fingerprint density at radius 1 is 1.28 bits per heavy atom. The summed E-state index contributed by atoms with van der Waals surface area (Å²) in [5.74, 6) is 1.03. The number of amides is 1. The highest BCUT2D eigenvalue weighted by atomic mass is 32.2. The van der Waals surface area contributed by atoms with Gasteiger partial charge in [-0.15, -0.1) is 0 Å². The lowest BCUT2D eigenvalue weighted by molar-refractivity contribution is 0.0131. The molecule has 2 saturated heterocycles. The zero-order valence-corrected chi connectivity index (χ0v) is 12.1. The van der Waals surface area contributed by atoms with Crippen molar-refractivity contribution in [1.82, 2.24) is 4.90 Å². The fourth-order valence-electron chi connectivity index (χ4n) is 2.73. The van der Waals surface area contributed by atoms with Crippen molar-refractivity contribution in [2.24, 2.45) is 5.41 Å². The number of piperidine rings is 1. The van der Waals surface area contributed by atoms with Crippen LogP contribution in [-0.2, 0) is 14.5 Å². The van der Waals surface area contributed by atoms with Gasteiger partial charge in [-0.2, -0.15) is 0 Å². The van der Waals surface area contributed by atoms with Crippen molar-refractivity contribution in [1.29, 1.82) is 4.78 Å². The molecule has 0 aromatic rings. The van der Waals surface area contributed by atoms with E-state index in [-0.39, 0.29) is 11.5 Å². The topological polar surface area (TPSA) is 70.5 Å². The molecule has 0 bridgehead atoms. The number of hydrogen-bond donors (Lipinski definition) is 1. The third-order valence-corrected chi connectivity index (χ3v) is 5.71. The second kappa shape index (κ2) is 4.11. The van der Waals surface area contributed by atoms with Crippen LogP contribution in [0.4, 0.5) is 4.79 Å². The van der Waals surface area contributed by atoms with Gasteiger partial charge in [0.2, 0.25) is 0 Å². The molecule has 1 amide bonds. The molecule has 2 heterocycles. The van der Waals surface area contributed by atoms with E-state index in [0.29, 0.717) is 24.6 Å². The summed E-state index contributed by atoms with van der Waals surface area (Å²) in [6.07, 6.45) is 1.44. The highest BCUT2D eigenvalue weighted by molar-refractivity contribution is 7.93. The summed E-state index contributed by atoms with van der Waals surface area (Å²) in [5.41, 5.74) is -0.393. The summed E-state index contributed by atoms with van der Waals surface area (Å²) in [6.45, 7) is 6.89. The average Bonchev–Trinajstić information content (AvgIpc) is 2.12. The SMILES string of the molecule is CC(C)(C)OC(=O)N1CCC2(CC1)CS(=N)(=O)C2. The number of carbonyl (C=O) groups excluding carboxylic acids is 1. The minimum Gasteiger partial charge on any atom is -0.444 e. The van der Waals surface area contributed by atoms with E-state index in [9.17, 15) is 9.00 Å².